The minimum Gasteiger partial charge on any atom is -0.380 e. The molecule has 0 bridgehead atoms. The Kier molecular flexibility index (Phi) is 2.85. The van der Waals surface area contributed by atoms with Gasteiger partial charge in [-0.05, 0) is 25.3 Å². The summed E-state index contributed by atoms with van der Waals surface area (Å²) in [5.74, 6) is 1.47. The highest BCUT2D eigenvalue weighted by atomic mass is 16.5. The number of rotatable bonds is 2. The number of hydrogen-bond acceptors (Lipinski definition) is 3. The van der Waals surface area contributed by atoms with Crippen molar-refractivity contribution in [3.63, 3.8) is 0 Å². The van der Waals surface area contributed by atoms with Crippen molar-refractivity contribution < 1.29 is 4.52 Å². The summed E-state index contributed by atoms with van der Waals surface area (Å²) in [7, 11) is 0. The van der Waals surface area contributed by atoms with E-state index in [1.165, 1.54) is 18.4 Å². The van der Waals surface area contributed by atoms with Gasteiger partial charge in [0.2, 0.25) is 0 Å². The molecule has 2 N–H and O–H groups in total. The van der Waals surface area contributed by atoms with Crippen LogP contribution in [0.15, 0.2) is 28.8 Å². The van der Waals surface area contributed by atoms with E-state index in [4.69, 9.17) is 10.3 Å². The number of aryl methyl sites for hydroxylation is 1. The molecule has 3 heteroatoms. The van der Waals surface area contributed by atoms with Crippen LogP contribution in [0.5, 0.6) is 0 Å². The Morgan fingerprint density at radius 2 is 1.79 bits per heavy atom. The minimum atomic E-state index is 0.0881. The van der Waals surface area contributed by atoms with Gasteiger partial charge in [0.1, 0.15) is 0 Å². The van der Waals surface area contributed by atoms with Crippen LogP contribution in [-0.2, 0) is 5.41 Å². The Bertz CT molecular complexity index is 577. The van der Waals surface area contributed by atoms with Gasteiger partial charge >= 0.3 is 0 Å². The van der Waals surface area contributed by atoms with Crippen LogP contribution >= 0.6 is 0 Å². The molecule has 1 aliphatic carbocycles. The molecule has 19 heavy (non-hydrogen) atoms. The van der Waals surface area contributed by atoms with Crippen molar-refractivity contribution in [2.24, 2.45) is 0 Å². The molecular weight excluding hydrogens is 236 g/mol. The average molecular weight is 256 g/mol. The van der Waals surface area contributed by atoms with Gasteiger partial charge in [-0.1, -0.05) is 54.8 Å². The lowest BCUT2D eigenvalue weighted by Crippen LogP contribution is -2.17. The average Bonchev–Trinajstić information content (AvgIpc) is 2.98. The maximum Gasteiger partial charge on any atom is 0.175 e. The Morgan fingerprint density at radius 1 is 1.16 bits per heavy atom. The van der Waals surface area contributed by atoms with E-state index < -0.39 is 0 Å². The third-order valence-electron chi connectivity index (χ3n) is 4.31. The summed E-state index contributed by atoms with van der Waals surface area (Å²) >= 11 is 0. The van der Waals surface area contributed by atoms with Crippen LogP contribution in [0, 0.1) is 6.92 Å². The number of nitrogens with zero attached hydrogens (tertiary/aromatic N) is 1. The van der Waals surface area contributed by atoms with E-state index in [1.54, 1.807) is 0 Å². The molecule has 0 spiro atoms. The van der Waals surface area contributed by atoms with E-state index in [9.17, 15) is 0 Å². The van der Waals surface area contributed by atoms with E-state index in [0.717, 1.165) is 29.7 Å². The first-order chi connectivity index (χ1) is 9.10. The summed E-state index contributed by atoms with van der Waals surface area (Å²) in [6.45, 7) is 4.34. The normalized spacial score (nSPS) is 17.8. The summed E-state index contributed by atoms with van der Waals surface area (Å²) in [5, 5.41) is 4.01. The first-order valence-electron chi connectivity index (χ1n) is 6.93. The highest BCUT2D eigenvalue weighted by Gasteiger charge is 2.37. The number of nitrogen functional groups attached to an aromatic ring is 1. The second kappa shape index (κ2) is 4.41. The number of nitrogens with two attached hydrogens (primary N) is 1. The number of anilines is 1. The van der Waals surface area contributed by atoms with Crippen molar-refractivity contribution in [3.8, 4) is 11.1 Å². The monoisotopic (exact) mass is 256 g/mol. The Morgan fingerprint density at radius 3 is 2.42 bits per heavy atom. The van der Waals surface area contributed by atoms with Gasteiger partial charge in [0, 0.05) is 5.41 Å². The molecule has 0 aliphatic heterocycles. The van der Waals surface area contributed by atoms with Gasteiger partial charge in [0.25, 0.3) is 0 Å². The molecule has 3 nitrogen and oxygen atoms in total. The van der Waals surface area contributed by atoms with Crippen molar-refractivity contribution in [1.29, 1.82) is 0 Å². The SMILES string of the molecule is Cc1ccc(-c2c(N)noc2C2(C)CCCC2)cc1. The summed E-state index contributed by atoms with van der Waals surface area (Å²) in [5.41, 5.74) is 9.46. The number of benzene rings is 1. The van der Waals surface area contributed by atoms with Gasteiger partial charge in [0.15, 0.2) is 11.6 Å². The lowest BCUT2D eigenvalue weighted by molar-refractivity contribution is 0.307. The zero-order valence-corrected chi connectivity index (χ0v) is 11.6. The highest BCUT2D eigenvalue weighted by Crippen LogP contribution is 2.46. The summed E-state index contributed by atoms with van der Waals surface area (Å²) < 4.78 is 5.59. The van der Waals surface area contributed by atoms with Crippen LogP contribution in [0.25, 0.3) is 11.1 Å². The molecule has 1 aromatic carbocycles. The van der Waals surface area contributed by atoms with Gasteiger partial charge in [-0.2, -0.15) is 0 Å². The molecule has 1 aromatic heterocycles. The minimum absolute atomic E-state index is 0.0881. The van der Waals surface area contributed by atoms with Crippen LogP contribution in [0.2, 0.25) is 0 Å². The quantitative estimate of drug-likeness (QED) is 0.881. The van der Waals surface area contributed by atoms with E-state index in [0.29, 0.717) is 5.82 Å². The van der Waals surface area contributed by atoms with Gasteiger partial charge in [-0.25, -0.2) is 0 Å². The first kappa shape index (κ1) is 12.3. The molecule has 0 radical (unpaired) electrons. The number of aromatic nitrogens is 1. The van der Waals surface area contributed by atoms with Crippen LogP contribution in [0.1, 0.15) is 43.9 Å². The maximum atomic E-state index is 6.03. The third-order valence-corrected chi connectivity index (χ3v) is 4.31. The van der Waals surface area contributed by atoms with Gasteiger partial charge in [-0.15, -0.1) is 0 Å². The fourth-order valence-electron chi connectivity index (χ4n) is 3.10. The fourth-order valence-corrected chi connectivity index (χ4v) is 3.10. The van der Waals surface area contributed by atoms with Crippen LogP contribution < -0.4 is 5.73 Å². The second-order valence-corrected chi connectivity index (χ2v) is 5.91. The fraction of sp³-hybridized carbons (Fsp3) is 0.438. The van der Waals surface area contributed by atoms with Crippen LogP contribution in [-0.4, -0.2) is 5.16 Å². The summed E-state index contributed by atoms with van der Waals surface area (Å²) in [6, 6.07) is 8.39. The van der Waals surface area contributed by atoms with Gasteiger partial charge < -0.3 is 10.3 Å². The molecule has 1 heterocycles. The van der Waals surface area contributed by atoms with Crippen LogP contribution in [0.3, 0.4) is 0 Å². The predicted molar refractivity (Wildman–Crippen MR) is 76.9 cm³/mol. The molecule has 3 rings (SSSR count). The van der Waals surface area contributed by atoms with E-state index >= 15 is 0 Å². The Balaban J connectivity index is 2.11. The first-order valence-corrected chi connectivity index (χ1v) is 6.93. The van der Waals surface area contributed by atoms with E-state index in [1.807, 2.05) is 0 Å². The molecule has 100 valence electrons. The summed E-state index contributed by atoms with van der Waals surface area (Å²) in [6.07, 6.45) is 4.82. The molecule has 1 fully saturated rings. The smallest absolute Gasteiger partial charge is 0.175 e. The molecular formula is C16H20N2O. The van der Waals surface area contributed by atoms with Gasteiger partial charge in [0.05, 0.1) is 5.56 Å². The van der Waals surface area contributed by atoms with E-state index in [2.05, 4.69) is 43.3 Å². The molecule has 0 saturated heterocycles. The second-order valence-electron chi connectivity index (χ2n) is 5.91. The van der Waals surface area contributed by atoms with Crippen LogP contribution in [0.4, 0.5) is 5.82 Å². The Hall–Kier alpha value is -1.77. The standard InChI is InChI=1S/C16H20N2O/c1-11-5-7-12(8-6-11)13-14(19-18-15(13)17)16(2)9-3-4-10-16/h5-8H,3-4,9-10H2,1-2H3,(H2,17,18). The highest BCUT2D eigenvalue weighted by molar-refractivity contribution is 5.76. The maximum absolute atomic E-state index is 6.03. The van der Waals surface area contributed by atoms with E-state index in [-0.39, 0.29) is 5.41 Å². The van der Waals surface area contributed by atoms with Crippen molar-refractivity contribution in [2.45, 2.75) is 44.9 Å². The summed E-state index contributed by atoms with van der Waals surface area (Å²) in [4.78, 5) is 0. The number of hydrogen-bond donors (Lipinski definition) is 1. The van der Waals surface area contributed by atoms with Crippen molar-refractivity contribution in [1.82, 2.24) is 5.16 Å². The van der Waals surface area contributed by atoms with Crippen molar-refractivity contribution in [3.05, 3.63) is 35.6 Å². The topological polar surface area (TPSA) is 52.0 Å². The molecule has 0 amide bonds. The zero-order valence-electron chi connectivity index (χ0n) is 11.6. The molecule has 0 unspecified atom stereocenters. The molecule has 1 aliphatic rings. The molecule has 1 saturated carbocycles. The molecule has 2 aromatic rings. The zero-order chi connectivity index (χ0) is 13.5. The third kappa shape index (κ3) is 2.03. The predicted octanol–water partition coefficient (Wildman–Crippen LogP) is 4.06. The molecule has 0 atom stereocenters. The Labute approximate surface area is 113 Å². The lowest BCUT2D eigenvalue weighted by atomic mass is 9.82. The van der Waals surface area contributed by atoms with Gasteiger partial charge in [-0.3, -0.25) is 0 Å². The van der Waals surface area contributed by atoms with Crippen molar-refractivity contribution >= 4 is 5.82 Å². The largest absolute Gasteiger partial charge is 0.380 e. The lowest BCUT2D eigenvalue weighted by Gasteiger charge is -2.21. The van der Waals surface area contributed by atoms with Crippen molar-refractivity contribution in [2.75, 3.05) is 5.73 Å².